The second kappa shape index (κ2) is 4.84. The van der Waals surface area contributed by atoms with Crippen LogP contribution in [0.25, 0.3) is 10.9 Å². The number of fused-ring (bicyclic) bond motifs is 3. The van der Waals surface area contributed by atoms with Gasteiger partial charge in [0.1, 0.15) is 0 Å². The Bertz CT molecular complexity index is 668. The number of benzene rings is 1. The molecular formula is C16H20N4O. The maximum atomic E-state index is 12.9. The van der Waals surface area contributed by atoms with Gasteiger partial charge in [-0.2, -0.15) is 5.10 Å². The second-order valence-corrected chi connectivity index (χ2v) is 6.32. The van der Waals surface area contributed by atoms with Gasteiger partial charge in [0.15, 0.2) is 0 Å². The third-order valence-electron chi connectivity index (χ3n) is 5.03. The maximum Gasteiger partial charge on any atom is 0.254 e. The predicted molar refractivity (Wildman–Crippen MR) is 81.2 cm³/mol. The number of piperidine rings is 1. The molecule has 3 heterocycles. The fourth-order valence-electron chi connectivity index (χ4n) is 3.85. The van der Waals surface area contributed by atoms with Gasteiger partial charge in [0.25, 0.3) is 5.91 Å². The summed E-state index contributed by atoms with van der Waals surface area (Å²) in [6, 6.07) is 7.28. The molecule has 4 rings (SSSR count). The Morgan fingerprint density at radius 2 is 2.05 bits per heavy atom. The normalized spacial score (nSPS) is 28.0. The van der Waals surface area contributed by atoms with Crippen LogP contribution in [0.2, 0.25) is 0 Å². The first-order valence-corrected chi connectivity index (χ1v) is 7.67. The molecule has 2 bridgehead atoms. The van der Waals surface area contributed by atoms with Gasteiger partial charge in [0.05, 0.1) is 17.3 Å². The molecule has 5 nitrogen and oxygen atoms in total. The SMILES string of the molecule is CN(C(=O)c1cccc2[nH]ncc12)C1CC2CCC(C1)N2. The molecule has 1 aromatic carbocycles. The number of H-pyrrole nitrogens is 1. The lowest BCUT2D eigenvalue weighted by molar-refractivity contribution is 0.0683. The van der Waals surface area contributed by atoms with Crippen LogP contribution in [0.4, 0.5) is 0 Å². The average molecular weight is 284 g/mol. The fourth-order valence-corrected chi connectivity index (χ4v) is 3.85. The number of carbonyl (C=O) groups is 1. The molecule has 2 aromatic rings. The molecule has 2 atom stereocenters. The fraction of sp³-hybridized carbons (Fsp3) is 0.500. The monoisotopic (exact) mass is 284 g/mol. The molecule has 0 spiro atoms. The highest BCUT2D eigenvalue weighted by atomic mass is 16.2. The molecule has 2 aliphatic heterocycles. The van der Waals surface area contributed by atoms with E-state index in [0.29, 0.717) is 18.1 Å². The zero-order valence-electron chi connectivity index (χ0n) is 12.2. The summed E-state index contributed by atoms with van der Waals surface area (Å²) in [5, 5.41) is 11.5. The van der Waals surface area contributed by atoms with Crippen molar-refractivity contribution >= 4 is 16.8 Å². The van der Waals surface area contributed by atoms with Crippen LogP contribution in [-0.4, -0.2) is 46.2 Å². The first-order chi connectivity index (χ1) is 10.2. The van der Waals surface area contributed by atoms with Gasteiger partial charge < -0.3 is 10.2 Å². The summed E-state index contributed by atoms with van der Waals surface area (Å²) in [6.45, 7) is 0. The van der Waals surface area contributed by atoms with Crippen molar-refractivity contribution in [2.45, 2.75) is 43.8 Å². The molecule has 21 heavy (non-hydrogen) atoms. The highest BCUT2D eigenvalue weighted by Gasteiger charge is 2.36. The van der Waals surface area contributed by atoms with Crippen LogP contribution in [0.5, 0.6) is 0 Å². The van der Waals surface area contributed by atoms with Crippen LogP contribution in [0.3, 0.4) is 0 Å². The van der Waals surface area contributed by atoms with Crippen molar-refractivity contribution in [2.24, 2.45) is 0 Å². The molecular weight excluding hydrogens is 264 g/mol. The van der Waals surface area contributed by atoms with E-state index < -0.39 is 0 Å². The topological polar surface area (TPSA) is 61.0 Å². The summed E-state index contributed by atoms with van der Waals surface area (Å²) in [6.07, 6.45) is 6.38. The van der Waals surface area contributed by atoms with Gasteiger partial charge in [-0.3, -0.25) is 9.89 Å². The Labute approximate surface area is 123 Å². The van der Waals surface area contributed by atoms with Gasteiger partial charge in [0.2, 0.25) is 0 Å². The highest BCUT2D eigenvalue weighted by molar-refractivity contribution is 6.06. The molecule has 1 amide bonds. The standard InChI is InChI=1S/C16H20N4O/c1-20(12-7-10-5-6-11(8-12)18-10)16(21)13-3-2-4-15-14(13)9-17-19-15/h2-4,9-12,18H,5-8H2,1H3,(H,17,19). The van der Waals surface area contributed by atoms with E-state index in [2.05, 4.69) is 15.5 Å². The number of nitrogens with zero attached hydrogens (tertiary/aromatic N) is 2. The summed E-state index contributed by atoms with van der Waals surface area (Å²) >= 11 is 0. The molecule has 1 aromatic heterocycles. The molecule has 5 heteroatoms. The van der Waals surface area contributed by atoms with Crippen molar-refractivity contribution in [3.05, 3.63) is 30.0 Å². The predicted octanol–water partition coefficient (Wildman–Crippen LogP) is 1.92. The molecule has 2 N–H and O–H groups in total. The second-order valence-electron chi connectivity index (χ2n) is 6.32. The molecule has 0 saturated carbocycles. The largest absolute Gasteiger partial charge is 0.339 e. The van der Waals surface area contributed by atoms with Gasteiger partial charge in [0, 0.05) is 30.6 Å². The zero-order chi connectivity index (χ0) is 14.4. The van der Waals surface area contributed by atoms with Crippen molar-refractivity contribution in [3.63, 3.8) is 0 Å². The molecule has 2 unspecified atom stereocenters. The van der Waals surface area contributed by atoms with E-state index >= 15 is 0 Å². The van der Waals surface area contributed by atoms with E-state index in [0.717, 1.165) is 29.3 Å². The molecule has 0 aliphatic carbocycles. The van der Waals surface area contributed by atoms with Crippen LogP contribution in [-0.2, 0) is 0 Å². The minimum Gasteiger partial charge on any atom is -0.339 e. The minimum atomic E-state index is 0.105. The lowest BCUT2D eigenvalue weighted by atomic mass is 9.97. The van der Waals surface area contributed by atoms with Crippen LogP contribution in [0.1, 0.15) is 36.0 Å². The molecule has 2 aliphatic rings. The van der Waals surface area contributed by atoms with Gasteiger partial charge in [-0.25, -0.2) is 0 Å². The summed E-state index contributed by atoms with van der Waals surface area (Å²) in [5.74, 6) is 0.105. The Hall–Kier alpha value is -1.88. The van der Waals surface area contributed by atoms with Gasteiger partial charge in [-0.1, -0.05) is 6.07 Å². The summed E-state index contributed by atoms with van der Waals surface area (Å²) in [5.41, 5.74) is 1.66. The van der Waals surface area contributed by atoms with Gasteiger partial charge in [-0.05, 0) is 37.8 Å². The summed E-state index contributed by atoms with van der Waals surface area (Å²) in [4.78, 5) is 14.8. The Balaban J connectivity index is 1.60. The molecule has 2 saturated heterocycles. The molecule has 0 radical (unpaired) electrons. The quantitative estimate of drug-likeness (QED) is 0.885. The van der Waals surface area contributed by atoms with E-state index in [1.165, 1.54) is 12.8 Å². The third kappa shape index (κ3) is 2.12. The van der Waals surface area contributed by atoms with Crippen molar-refractivity contribution < 1.29 is 4.79 Å². The van der Waals surface area contributed by atoms with Crippen LogP contribution >= 0.6 is 0 Å². The van der Waals surface area contributed by atoms with E-state index in [4.69, 9.17) is 0 Å². The lowest BCUT2D eigenvalue weighted by Crippen LogP contribution is -2.48. The first kappa shape index (κ1) is 12.8. The van der Waals surface area contributed by atoms with Crippen LogP contribution < -0.4 is 5.32 Å². The number of rotatable bonds is 2. The number of amides is 1. The van der Waals surface area contributed by atoms with Crippen molar-refractivity contribution in [2.75, 3.05) is 7.05 Å². The summed E-state index contributed by atoms with van der Waals surface area (Å²) < 4.78 is 0. The Morgan fingerprint density at radius 3 is 2.81 bits per heavy atom. The van der Waals surface area contributed by atoms with Crippen LogP contribution in [0, 0.1) is 0 Å². The highest BCUT2D eigenvalue weighted by Crippen LogP contribution is 2.30. The smallest absolute Gasteiger partial charge is 0.254 e. The lowest BCUT2D eigenvalue weighted by Gasteiger charge is -2.35. The maximum absolute atomic E-state index is 12.9. The Morgan fingerprint density at radius 1 is 1.29 bits per heavy atom. The van der Waals surface area contributed by atoms with E-state index in [9.17, 15) is 4.79 Å². The molecule has 110 valence electrons. The number of hydrogen-bond acceptors (Lipinski definition) is 3. The Kier molecular flexibility index (Phi) is 2.96. The summed E-state index contributed by atoms with van der Waals surface area (Å²) in [7, 11) is 1.94. The zero-order valence-corrected chi connectivity index (χ0v) is 12.2. The third-order valence-corrected chi connectivity index (χ3v) is 5.03. The number of carbonyl (C=O) groups excluding carboxylic acids is 1. The number of aromatic amines is 1. The van der Waals surface area contributed by atoms with E-state index in [-0.39, 0.29) is 5.91 Å². The molecule has 2 fully saturated rings. The van der Waals surface area contributed by atoms with Crippen molar-refractivity contribution in [1.29, 1.82) is 0 Å². The first-order valence-electron chi connectivity index (χ1n) is 7.67. The van der Waals surface area contributed by atoms with Crippen LogP contribution in [0.15, 0.2) is 24.4 Å². The number of aromatic nitrogens is 2. The number of nitrogens with one attached hydrogen (secondary N) is 2. The van der Waals surface area contributed by atoms with Crippen molar-refractivity contribution in [1.82, 2.24) is 20.4 Å². The van der Waals surface area contributed by atoms with E-state index in [1.54, 1.807) is 6.20 Å². The number of hydrogen-bond donors (Lipinski definition) is 2. The van der Waals surface area contributed by atoms with Gasteiger partial charge >= 0.3 is 0 Å². The van der Waals surface area contributed by atoms with Gasteiger partial charge in [-0.15, -0.1) is 0 Å². The minimum absolute atomic E-state index is 0.105. The average Bonchev–Trinajstić information content (AvgIpc) is 3.11. The van der Waals surface area contributed by atoms with Crippen molar-refractivity contribution in [3.8, 4) is 0 Å². The van der Waals surface area contributed by atoms with E-state index in [1.807, 2.05) is 30.1 Å².